The Bertz CT molecular complexity index is 618. The molecule has 1 aromatic heterocycles. The van der Waals surface area contributed by atoms with E-state index in [4.69, 9.17) is 16.3 Å². The molecule has 0 atom stereocenters. The summed E-state index contributed by atoms with van der Waals surface area (Å²) in [7, 11) is 0. The summed E-state index contributed by atoms with van der Waals surface area (Å²) in [5, 5.41) is 1.53. The molecule has 0 radical (unpaired) electrons. The number of aromatic nitrogens is 1. The lowest BCUT2D eigenvalue weighted by Crippen LogP contribution is -2.18. The van der Waals surface area contributed by atoms with Gasteiger partial charge in [0.15, 0.2) is 0 Å². The summed E-state index contributed by atoms with van der Waals surface area (Å²) in [6.07, 6.45) is 0.839. The van der Waals surface area contributed by atoms with Crippen LogP contribution in [0.5, 0.6) is 5.75 Å². The molecule has 0 spiro atoms. The van der Waals surface area contributed by atoms with Crippen LogP contribution in [0.15, 0.2) is 29.1 Å². The van der Waals surface area contributed by atoms with Crippen molar-refractivity contribution < 1.29 is 4.74 Å². The fourth-order valence-electron chi connectivity index (χ4n) is 2.10. The van der Waals surface area contributed by atoms with Crippen molar-refractivity contribution in [1.29, 1.82) is 0 Å². The third-order valence-electron chi connectivity index (χ3n) is 2.84. The molecule has 16 heavy (non-hydrogen) atoms. The van der Waals surface area contributed by atoms with Crippen LogP contribution in [0.2, 0.25) is 5.02 Å². The largest absolute Gasteiger partial charge is 0.491 e. The Kier molecular flexibility index (Phi) is 2.14. The van der Waals surface area contributed by atoms with Crippen molar-refractivity contribution in [3.05, 3.63) is 39.6 Å². The standard InChI is InChI=1S/C12H10ClNO2/c13-9-3-4-10-12-8(9)2-5-11(15)14(12)6-1-7-16-10/h2-5H,1,6-7H2. The summed E-state index contributed by atoms with van der Waals surface area (Å²) < 4.78 is 7.35. The molecule has 0 saturated carbocycles. The smallest absolute Gasteiger partial charge is 0.251 e. The number of ether oxygens (including phenoxy) is 1. The molecule has 82 valence electrons. The first-order valence-corrected chi connectivity index (χ1v) is 5.60. The Labute approximate surface area is 97.2 Å². The van der Waals surface area contributed by atoms with Gasteiger partial charge in [-0.2, -0.15) is 0 Å². The Morgan fingerprint density at radius 3 is 3.00 bits per heavy atom. The molecule has 0 saturated heterocycles. The van der Waals surface area contributed by atoms with Crippen molar-refractivity contribution in [1.82, 2.24) is 4.57 Å². The zero-order chi connectivity index (χ0) is 11.1. The van der Waals surface area contributed by atoms with Gasteiger partial charge in [0.05, 0.1) is 17.1 Å². The van der Waals surface area contributed by atoms with E-state index < -0.39 is 0 Å². The number of halogens is 1. The maximum Gasteiger partial charge on any atom is 0.251 e. The minimum atomic E-state index is 0.00140. The average molecular weight is 236 g/mol. The predicted octanol–water partition coefficient (Wildman–Crippen LogP) is 2.44. The lowest BCUT2D eigenvalue weighted by atomic mass is 10.2. The molecule has 3 nitrogen and oxygen atoms in total. The van der Waals surface area contributed by atoms with Crippen molar-refractivity contribution in [3.8, 4) is 5.75 Å². The van der Waals surface area contributed by atoms with Crippen LogP contribution in [-0.4, -0.2) is 11.2 Å². The zero-order valence-electron chi connectivity index (χ0n) is 8.57. The van der Waals surface area contributed by atoms with Crippen molar-refractivity contribution in [2.75, 3.05) is 6.61 Å². The maximum atomic E-state index is 11.8. The normalized spacial score (nSPS) is 14.6. The second kappa shape index (κ2) is 3.52. The summed E-state index contributed by atoms with van der Waals surface area (Å²) in [6, 6.07) is 6.95. The molecule has 2 heterocycles. The van der Waals surface area contributed by atoms with E-state index in [1.165, 1.54) is 0 Å². The SMILES string of the molecule is O=c1ccc2c(Cl)ccc3c2n1CCCO3. The Balaban J connectivity index is 2.52. The van der Waals surface area contributed by atoms with Gasteiger partial charge in [0.25, 0.3) is 5.56 Å². The minimum absolute atomic E-state index is 0.00140. The fourth-order valence-corrected chi connectivity index (χ4v) is 2.31. The van der Waals surface area contributed by atoms with Crippen LogP contribution < -0.4 is 10.3 Å². The molecule has 1 aliphatic rings. The van der Waals surface area contributed by atoms with Crippen molar-refractivity contribution in [2.24, 2.45) is 0 Å². The monoisotopic (exact) mass is 235 g/mol. The predicted molar refractivity (Wildman–Crippen MR) is 63.3 cm³/mol. The highest BCUT2D eigenvalue weighted by Gasteiger charge is 2.14. The van der Waals surface area contributed by atoms with Crippen LogP contribution in [0, 0.1) is 0 Å². The molecule has 0 unspecified atom stereocenters. The van der Waals surface area contributed by atoms with Crippen LogP contribution in [0.4, 0.5) is 0 Å². The second-order valence-corrected chi connectivity index (χ2v) is 4.24. The van der Waals surface area contributed by atoms with E-state index >= 15 is 0 Å². The number of aryl methyl sites for hydroxylation is 1. The first-order valence-electron chi connectivity index (χ1n) is 5.22. The highest BCUT2D eigenvalue weighted by molar-refractivity contribution is 6.35. The second-order valence-electron chi connectivity index (χ2n) is 3.83. The zero-order valence-corrected chi connectivity index (χ0v) is 9.33. The molecule has 4 heteroatoms. The maximum absolute atomic E-state index is 11.8. The van der Waals surface area contributed by atoms with E-state index in [1.807, 2.05) is 6.07 Å². The molecule has 2 aromatic rings. The first-order chi connectivity index (χ1) is 7.77. The van der Waals surface area contributed by atoms with Gasteiger partial charge in [-0.05, 0) is 24.6 Å². The highest BCUT2D eigenvalue weighted by Crippen LogP contribution is 2.31. The van der Waals surface area contributed by atoms with Crippen LogP contribution in [0.3, 0.4) is 0 Å². The van der Waals surface area contributed by atoms with E-state index in [0.29, 0.717) is 18.2 Å². The fraction of sp³-hybridized carbons (Fsp3) is 0.250. The third kappa shape index (κ3) is 1.32. The number of pyridine rings is 1. The molecule has 3 rings (SSSR count). The summed E-state index contributed by atoms with van der Waals surface area (Å²) in [6.45, 7) is 1.32. The van der Waals surface area contributed by atoms with Gasteiger partial charge >= 0.3 is 0 Å². The van der Waals surface area contributed by atoms with Crippen LogP contribution >= 0.6 is 11.6 Å². The number of hydrogen-bond donors (Lipinski definition) is 0. The summed E-state index contributed by atoms with van der Waals surface area (Å²) in [5.41, 5.74) is 0.819. The van der Waals surface area contributed by atoms with Crippen LogP contribution in [0.1, 0.15) is 6.42 Å². The first kappa shape index (κ1) is 9.73. The molecule has 1 aromatic carbocycles. The Hall–Kier alpha value is -1.48. The van der Waals surface area contributed by atoms with E-state index in [0.717, 1.165) is 23.1 Å². The number of rotatable bonds is 0. The highest BCUT2D eigenvalue weighted by atomic mass is 35.5. The van der Waals surface area contributed by atoms with Crippen LogP contribution in [0.25, 0.3) is 10.9 Å². The van der Waals surface area contributed by atoms with E-state index in [-0.39, 0.29) is 5.56 Å². The minimum Gasteiger partial charge on any atom is -0.491 e. The molecular formula is C12H10ClNO2. The van der Waals surface area contributed by atoms with Gasteiger partial charge in [0.2, 0.25) is 0 Å². The lowest BCUT2D eigenvalue weighted by Gasteiger charge is -2.10. The number of benzene rings is 1. The molecule has 0 aliphatic carbocycles. The third-order valence-corrected chi connectivity index (χ3v) is 3.17. The molecule has 0 bridgehead atoms. The Morgan fingerprint density at radius 1 is 1.25 bits per heavy atom. The van der Waals surface area contributed by atoms with Gasteiger partial charge in [-0.15, -0.1) is 0 Å². The van der Waals surface area contributed by atoms with E-state index in [9.17, 15) is 4.79 Å². The van der Waals surface area contributed by atoms with Gasteiger partial charge in [-0.1, -0.05) is 11.6 Å². The van der Waals surface area contributed by atoms with E-state index in [2.05, 4.69) is 0 Å². The van der Waals surface area contributed by atoms with Gasteiger partial charge in [0, 0.05) is 18.0 Å². The molecule has 1 aliphatic heterocycles. The summed E-state index contributed by atoms with van der Waals surface area (Å²) in [4.78, 5) is 11.8. The number of nitrogens with zero attached hydrogens (tertiary/aromatic N) is 1. The van der Waals surface area contributed by atoms with Crippen molar-refractivity contribution >= 4 is 22.5 Å². The molecule has 0 amide bonds. The summed E-state index contributed by atoms with van der Waals surface area (Å²) in [5.74, 6) is 0.745. The topological polar surface area (TPSA) is 31.2 Å². The van der Waals surface area contributed by atoms with Gasteiger partial charge < -0.3 is 9.30 Å². The van der Waals surface area contributed by atoms with Gasteiger partial charge in [-0.3, -0.25) is 4.79 Å². The van der Waals surface area contributed by atoms with Crippen molar-refractivity contribution in [3.63, 3.8) is 0 Å². The quantitative estimate of drug-likeness (QED) is 0.702. The van der Waals surface area contributed by atoms with Crippen LogP contribution in [-0.2, 0) is 6.54 Å². The number of hydrogen-bond acceptors (Lipinski definition) is 2. The molecular weight excluding hydrogens is 226 g/mol. The molecule has 0 N–H and O–H groups in total. The average Bonchev–Trinajstić information content (AvgIpc) is 2.50. The van der Waals surface area contributed by atoms with Gasteiger partial charge in [-0.25, -0.2) is 0 Å². The molecule has 0 fully saturated rings. The Morgan fingerprint density at radius 2 is 2.12 bits per heavy atom. The van der Waals surface area contributed by atoms with Crippen molar-refractivity contribution in [2.45, 2.75) is 13.0 Å². The van der Waals surface area contributed by atoms with Gasteiger partial charge in [0.1, 0.15) is 5.75 Å². The van der Waals surface area contributed by atoms with E-state index in [1.54, 1.807) is 22.8 Å². The summed E-state index contributed by atoms with van der Waals surface area (Å²) >= 11 is 6.12. The lowest BCUT2D eigenvalue weighted by molar-refractivity contribution is 0.315.